The summed E-state index contributed by atoms with van der Waals surface area (Å²) in [5.74, 6) is 0. The van der Waals surface area contributed by atoms with Gasteiger partial charge in [-0.15, -0.1) is 0 Å². The Morgan fingerprint density at radius 3 is 3.13 bits per heavy atom. The monoisotopic (exact) mass is 206 g/mol. The maximum atomic E-state index is 5.76. The summed E-state index contributed by atoms with van der Waals surface area (Å²) in [6, 6.07) is 0.844. The standard InChI is InChI=1S/C11H18N4/c1-9(11-8-13-4-5-14-11)15-6-2-3-10(15)7-12/h4-5,8-10H,2-3,6-7,12H2,1H3/t9-,10+/m0/s1. The molecular formula is C11H18N4. The Balaban J connectivity index is 2.10. The van der Waals surface area contributed by atoms with Gasteiger partial charge >= 0.3 is 0 Å². The van der Waals surface area contributed by atoms with Crippen molar-refractivity contribution >= 4 is 0 Å². The highest BCUT2D eigenvalue weighted by Crippen LogP contribution is 2.26. The Kier molecular flexibility index (Phi) is 3.28. The first-order valence-electron chi connectivity index (χ1n) is 5.54. The molecule has 1 fully saturated rings. The summed E-state index contributed by atoms with van der Waals surface area (Å²) in [6.07, 6.45) is 7.75. The predicted molar refractivity (Wildman–Crippen MR) is 59.2 cm³/mol. The third kappa shape index (κ3) is 2.16. The number of aromatic nitrogens is 2. The summed E-state index contributed by atoms with van der Waals surface area (Å²) in [4.78, 5) is 10.9. The van der Waals surface area contributed by atoms with Gasteiger partial charge in [0.25, 0.3) is 0 Å². The Morgan fingerprint density at radius 1 is 1.60 bits per heavy atom. The van der Waals surface area contributed by atoms with Crippen molar-refractivity contribution in [3.05, 3.63) is 24.3 Å². The molecule has 2 atom stereocenters. The summed E-state index contributed by atoms with van der Waals surface area (Å²) in [6.45, 7) is 4.04. The van der Waals surface area contributed by atoms with Crippen LogP contribution >= 0.6 is 0 Å². The molecule has 0 saturated carbocycles. The molecular weight excluding hydrogens is 188 g/mol. The van der Waals surface area contributed by atoms with Gasteiger partial charge in [-0.1, -0.05) is 0 Å². The van der Waals surface area contributed by atoms with Crippen molar-refractivity contribution < 1.29 is 0 Å². The van der Waals surface area contributed by atoms with E-state index in [0.29, 0.717) is 12.1 Å². The molecule has 1 aromatic rings. The van der Waals surface area contributed by atoms with Crippen LogP contribution in [0, 0.1) is 0 Å². The zero-order chi connectivity index (χ0) is 10.7. The summed E-state index contributed by atoms with van der Waals surface area (Å²) in [5, 5.41) is 0. The zero-order valence-corrected chi connectivity index (χ0v) is 9.13. The molecule has 0 bridgehead atoms. The molecule has 1 aliphatic heterocycles. The Hall–Kier alpha value is -1.00. The third-order valence-electron chi connectivity index (χ3n) is 3.20. The molecule has 0 spiro atoms. The second-order valence-corrected chi connectivity index (χ2v) is 4.08. The van der Waals surface area contributed by atoms with Gasteiger partial charge in [-0.2, -0.15) is 0 Å². The smallest absolute Gasteiger partial charge is 0.0755 e. The van der Waals surface area contributed by atoms with Crippen molar-refractivity contribution in [2.75, 3.05) is 13.1 Å². The molecule has 4 nitrogen and oxygen atoms in total. The number of likely N-dealkylation sites (tertiary alicyclic amines) is 1. The highest BCUT2D eigenvalue weighted by Gasteiger charge is 2.28. The SMILES string of the molecule is C[C@@H](c1cnccn1)N1CCC[C@@H]1CN. The topological polar surface area (TPSA) is 55.0 Å². The van der Waals surface area contributed by atoms with Gasteiger partial charge in [-0.25, -0.2) is 0 Å². The quantitative estimate of drug-likeness (QED) is 0.800. The van der Waals surface area contributed by atoms with Crippen LogP contribution < -0.4 is 5.73 Å². The van der Waals surface area contributed by atoms with E-state index in [-0.39, 0.29) is 0 Å². The van der Waals surface area contributed by atoms with Crippen LogP contribution in [0.4, 0.5) is 0 Å². The van der Waals surface area contributed by atoms with Crippen molar-refractivity contribution in [3.8, 4) is 0 Å². The first kappa shape index (κ1) is 10.5. The van der Waals surface area contributed by atoms with Gasteiger partial charge in [0, 0.05) is 31.2 Å². The van der Waals surface area contributed by atoms with Crippen molar-refractivity contribution in [3.63, 3.8) is 0 Å². The number of rotatable bonds is 3. The maximum absolute atomic E-state index is 5.76. The lowest BCUT2D eigenvalue weighted by Crippen LogP contribution is -2.37. The van der Waals surface area contributed by atoms with E-state index in [9.17, 15) is 0 Å². The van der Waals surface area contributed by atoms with E-state index in [1.807, 2.05) is 6.20 Å². The highest BCUT2D eigenvalue weighted by molar-refractivity contribution is 5.03. The Bertz CT molecular complexity index is 301. The predicted octanol–water partition coefficient (Wildman–Crippen LogP) is 0.961. The van der Waals surface area contributed by atoms with Crippen LogP contribution in [-0.2, 0) is 0 Å². The van der Waals surface area contributed by atoms with Crippen LogP contribution in [0.5, 0.6) is 0 Å². The minimum Gasteiger partial charge on any atom is -0.329 e. The molecule has 0 amide bonds. The molecule has 1 saturated heterocycles. The minimum atomic E-state index is 0.328. The van der Waals surface area contributed by atoms with Crippen LogP contribution in [0.15, 0.2) is 18.6 Å². The molecule has 2 rings (SSSR count). The number of nitrogens with zero attached hydrogens (tertiary/aromatic N) is 3. The van der Waals surface area contributed by atoms with Gasteiger partial charge in [0.15, 0.2) is 0 Å². The van der Waals surface area contributed by atoms with Crippen LogP contribution in [0.3, 0.4) is 0 Å². The molecule has 1 aliphatic rings. The van der Waals surface area contributed by atoms with E-state index in [4.69, 9.17) is 5.73 Å². The van der Waals surface area contributed by atoms with Gasteiger partial charge in [-0.05, 0) is 26.3 Å². The molecule has 2 N–H and O–H groups in total. The zero-order valence-electron chi connectivity index (χ0n) is 9.13. The van der Waals surface area contributed by atoms with Crippen LogP contribution in [-0.4, -0.2) is 34.0 Å². The van der Waals surface area contributed by atoms with E-state index in [1.165, 1.54) is 12.8 Å². The van der Waals surface area contributed by atoms with Crippen molar-refractivity contribution in [1.82, 2.24) is 14.9 Å². The Labute approximate surface area is 90.5 Å². The lowest BCUT2D eigenvalue weighted by atomic mass is 10.1. The average Bonchev–Trinajstić information content (AvgIpc) is 2.77. The summed E-state index contributed by atoms with van der Waals surface area (Å²) in [5.41, 5.74) is 6.80. The molecule has 0 radical (unpaired) electrons. The fraction of sp³-hybridized carbons (Fsp3) is 0.636. The number of hydrogen-bond donors (Lipinski definition) is 1. The summed E-state index contributed by atoms with van der Waals surface area (Å²) >= 11 is 0. The summed E-state index contributed by atoms with van der Waals surface area (Å²) in [7, 11) is 0. The fourth-order valence-corrected chi connectivity index (χ4v) is 2.32. The van der Waals surface area contributed by atoms with Crippen molar-refractivity contribution in [1.29, 1.82) is 0 Å². The van der Waals surface area contributed by atoms with Crippen LogP contribution in [0.2, 0.25) is 0 Å². The first-order chi connectivity index (χ1) is 7.33. The van der Waals surface area contributed by atoms with Gasteiger partial charge in [-0.3, -0.25) is 14.9 Å². The minimum absolute atomic E-state index is 0.328. The second-order valence-electron chi connectivity index (χ2n) is 4.08. The maximum Gasteiger partial charge on any atom is 0.0755 e. The van der Waals surface area contributed by atoms with Gasteiger partial charge in [0.2, 0.25) is 0 Å². The molecule has 2 heterocycles. The molecule has 0 aromatic carbocycles. The normalized spacial score (nSPS) is 24.3. The van der Waals surface area contributed by atoms with Gasteiger partial charge in [0.05, 0.1) is 11.7 Å². The fourth-order valence-electron chi connectivity index (χ4n) is 2.32. The number of nitrogens with two attached hydrogens (primary N) is 1. The molecule has 1 aromatic heterocycles. The highest BCUT2D eigenvalue weighted by atomic mass is 15.2. The van der Waals surface area contributed by atoms with E-state index in [0.717, 1.165) is 18.8 Å². The molecule has 4 heteroatoms. The molecule has 15 heavy (non-hydrogen) atoms. The van der Waals surface area contributed by atoms with Gasteiger partial charge < -0.3 is 5.73 Å². The van der Waals surface area contributed by atoms with E-state index >= 15 is 0 Å². The van der Waals surface area contributed by atoms with Crippen LogP contribution in [0.25, 0.3) is 0 Å². The van der Waals surface area contributed by atoms with Crippen LogP contribution in [0.1, 0.15) is 31.5 Å². The summed E-state index contributed by atoms with van der Waals surface area (Å²) < 4.78 is 0. The van der Waals surface area contributed by atoms with E-state index in [1.54, 1.807) is 12.4 Å². The largest absolute Gasteiger partial charge is 0.329 e. The first-order valence-corrected chi connectivity index (χ1v) is 5.54. The Morgan fingerprint density at radius 2 is 2.47 bits per heavy atom. The molecule has 0 unspecified atom stereocenters. The van der Waals surface area contributed by atoms with Crippen molar-refractivity contribution in [2.24, 2.45) is 5.73 Å². The van der Waals surface area contributed by atoms with Gasteiger partial charge in [0.1, 0.15) is 0 Å². The average molecular weight is 206 g/mol. The lowest BCUT2D eigenvalue weighted by molar-refractivity contribution is 0.193. The third-order valence-corrected chi connectivity index (χ3v) is 3.20. The second kappa shape index (κ2) is 4.68. The molecule has 0 aliphatic carbocycles. The van der Waals surface area contributed by atoms with E-state index in [2.05, 4.69) is 21.8 Å². The van der Waals surface area contributed by atoms with Crippen molar-refractivity contribution in [2.45, 2.75) is 31.8 Å². The number of hydrogen-bond acceptors (Lipinski definition) is 4. The van der Waals surface area contributed by atoms with E-state index < -0.39 is 0 Å². The lowest BCUT2D eigenvalue weighted by Gasteiger charge is -2.29. The molecule has 82 valence electrons.